The minimum absolute atomic E-state index is 0.368. The molecule has 3 rings (SSSR count). The Balaban J connectivity index is 2.15. The smallest absolute Gasteiger partial charge is 0.288 e. The van der Waals surface area contributed by atoms with Gasteiger partial charge in [0.1, 0.15) is 0 Å². The third-order valence-corrected chi connectivity index (χ3v) is 3.36. The van der Waals surface area contributed by atoms with Crippen LogP contribution in [0.25, 0.3) is 17.1 Å². The minimum atomic E-state index is -0.368. The molecule has 0 aliphatic carbocycles. The maximum Gasteiger partial charge on any atom is 0.348 e. The Kier molecular flexibility index (Phi) is 3.34. The van der Waals surface area contributed by atoms with E-state index in [1.807, 2.05) is 30.3 Å². The predicted molar refractivity (Wildman–Crippen MR) is 79.6 cm³/mol. The molecule has 0 spiro atoms. The summed E-state index contributed by atoms with van der Waals surface area (Å²) in [7, 11) is 0. The molecule has 2 aromatic carbocycles. The van der Waals surface area contributed by atoms with E-state index in [-0.39, 0.29) is 5.69 Å². The number of aromatic amines is 1. The van der Waals surface area contributed by atoms with E-state index in [0.29, 0.717) is 21.6 Å². The molecule has 4 nitrogen and oxygen atoms in total. The molecular formula is C14H9Cl2N3O. The molecule has 0 bridgehead atoms. The van der Waals surface area contributed by atoms with Crippen LogP contribution in [0.15, 0.2) is 53.3 Å². The fraction of sp³-hybridized carbons (Fsp3) is 0. The van der Waals surface area contributed by atoms with E-state index in [1.165, 1.54) is 4.68 Å². The van der Waals surface area contributed by atoms with Crippen LogP contribution in [0.1, 0.15) is 0 Å². The van der Waals surface area contributed by atoms with Crippen LogP contribution in [0.2, 0.25) is 10.0 Å². The molecule has 0 unspecified atom stereocenters. The van der Waals surface area contributed by atoms with Gasteiger partial charge in [-0.1, -0.05) is 53.5 Å². The largest absolute Gasteiger partial charge is 0.348 e. The first-order chi connectivity index (χ1) is 9.65. The number of H-pyrrole nitrogens is 1. The van der Waals surface area contributed by atoms with Gasteiger partial charge >= 0.3 is 5.69 Å². The maximum absolute atomic E-state index is 12.0. The molecule has 3 aromatic rings. The van der Waals surface area contributed by atoms with E-state index in [9.17, 15) is 4.79 Å². The van der Waals surface area contributed by atoms with Crippen LogP contribution in [0.5, 0.6) is 0 Å². The lowest BCUT2D eigenvalue weighted by molar-refractivity contribution is 0.845. The summed E-state index contributed by atoms with van der Waals surface area (Å²) in [5, 5.41) is 5.15. The number of nitrogens with zero attached hydrogens (tertiary/aromatic N) is 2. The van der Waals surface area contributed by atoms with Gasteiger partial charge in [0, 0.05) is 10.6 Å². The molecule has 0 amide bonds. The zero-order valence-corrected chi connectivity index (χ0v) is 11.7. The van der Waals surface area contributed by atoms with Crippen molar-refractivity contribution in [2.75, 3.05) is 0 Å². The van der Waals surface area contributed by atoms with Gasteiger partial charge in [0.25, 0.3) is 0 Å². The monoisotopic (exact) mass is 305 g/mol. The van der Waals surface area contributed by atoms with Crippen LogP contribution in [-0.2, 0) is 0 Å². The van der Waals surface area contributed by atoms with Crippen molar-refractivity contribution in [1.82, 2.24) is 14.8 Å². The molecule has 0 aliphatic heterocycles. The fourth-order valence-corrected chi connectivity index (χ4v) is 2.23. The Labute approximate surface area is 124 Å². The number of hydrogen-bond acceptors (Lipinski definition) is 2. The predicted octanol–water partition coefficient (Wildman–Crippen LogP) is 3.53. The second kappa shape index (κ2) is 5.15. The summed E-state index contributed by atoms with van der Waals surface area (Å²) in [6, 6.07) is 14.3. The minimum Gasteiger partial charge on any atom is -0.288 e. The van der Waals surface area contributed by atoms with E-state index < -0.39 is 0 Å². The molecule has 20 heavy (non-hydrogen) atoms. The van der Waals surface area contributed by atoms with Gasteiger partial charge in [-0.3, -0.25) is 4.98 Å². The topological polar surface area (TPSA) is 50.7 Å². The number of aromatic nitrogens is 3. The fourth-order valence-electron chi connectivity index (χ4n) is 1.86. The van der Waals surface area contributed by atoms with E-state index in [2.05, 4.69) is 10.1 Å². The first kappa shape index (κ1) is 13.0. The quantitative estimate of drug-likeness (QED) is 0.787. The van der Waals surface area contributed by atoms with Crippen molar-refractivity contribution in [3.8, 4) is 17.1 Å². The summed E-state index contributed by atoms with van der Waals surface area (Å²) in [6.45, 7) is 0. The first-order valence-electron chi connectivity index (χ1n) is 5.85. The lowest BCUT2D eigenvalue weighted by atomic mass is 10.2. The Bertz CT molecular complexity index is 809. The summed E-state index contributed by atoms with van der Waals surface area (Å²) in [6.07, 6.45) is 0. The highest BCUT2D eigenvalue weighted by molar-refractivity contribution is 6.34. The van der Waals surface area contributed by atoms with Gasteiger partial charge in [-0.25, -0.2) is 4.79 Å². The lowest BCUT2D eigenvalue weighted by Gasteiger charge is -2.02. The van der Waals surface area contributed by atoms with E-state index in [1.54, 1.807) is 18.2 Å². The highest BCUT2D eigenvalue weighted by Crippen LogP contribution is 2.23. The molecule has 1 heterocycles. The molecule has 0 saturated carbocycles. The van der Waals surface area contributed by atoms with Crippen LogP contribution < -0.4 is 5.69 Å². The van der Waals surface area contributed by atoms with Crippen molar-refractivity contribution < 1.29 is 0 Å². The van der Waals surface area contributed by atoms with Gasteiger partial charge in [-0.2, -0.15) is 4.68 Å². The molecule has 0 atom stereocenters. The Morgan fingerprint density at radius 3 is 2.55 bits per heavy atom. The van der Waals surface area contributed by atoms with E-state index in [4.69, 9.17) is 23.2 Å². The number of nitrogens with one attached hydrogen (secondary N) is 1. The summed E-state index contributed by atoms with van der Waals surface area (Å²) < 4.78 is 1.20. The van der Waals surface area contributed by atoms with Crippen molar-refractivity contribution in [2.24, 2.45) is 0 Å². The second-order valence-electron chi connectivity index (χ2n) is 4.15. The van der Waals surface area contributed by atoms with Crippen LogP contribution in [-0.4, -0.2) is 14.8 Å². The summed E-state index contributed by atoms with van der Waals surface area (Å²) in [5.74, 6) is 0.478. The SMILES string of the molecule is O=c1[nH]c(-c2ccccc2)nn1-c1cc(Cl)ccc1Cl. The van der Waals surface area contributed by atoms with E-state index in [0.717, 1.165) is 5.56 Å². The third-order valence-electron chi connectivity index (χ3n) is 2.80. The van der Waals surface area contributed by atoms with Crippen LogP contribution in [0.4, 0.5) is 0 Å². The average Bonchev–Trinajstić information content (AvgIpc) is 2.84. The van der Waals surface area contributed by atoms with Crippen LogP contribution in [0, 0.1) is 0 Å². The van der Waals surface area contributed by atoms with Crippen LogP contribution >= 0.6 is 23.2 Å². The van der Waals surface area contributed by atoms with Gasteiger partial charge in [0.05, 0.1) is 10.7 Å². The average molecular weight is 306 g/mol. The van der Waals surface area contributed by atoms with Gasteiger partial charge in [-0.15, -0.1) is 5.10 Å². The summed E-state index contributed by atoms with van der Waals surface area (Å²) >= 11 is 12.0. The number of benzene rings is 2. The molecule has 1 aromatic heterocycles. The zero-order chi connectivity index (χ0) is 14.1. The third kappa shape index (κ3) is 2.35. The van der Waals surface area contributed by atoms with Gasteiger partial charge in [0.2, 0.25) is 0 Å². The van der Waals surface area contributed by atoms with Gasteiger partial charge < -0.3 is 0 Å². The lowest BCUT2D eigenvalue weighted by Crippen LogP contribution is -2.16. The molecule has 0 radical (unpaired) electrons. The molecule has 0 aliphatic rings. The van der Waals surface area contributed by atoms with Crippen molar-refractivity contribution >= 4 is 23.2 Å². The Morgan fingerprint density at radius 2 is 1.80 bits per heavy atom. The standard InChI is InChI=1S/C14H9Cl2N3O/c15-10-6-7-11(16)12(8-10)19-14(20)17-13(18-19)9-4-2-1-3-5-9/h1-8H,(H,17,18,20). The number of hydrogen-bond donors (Lipinski definition) is 1. The molecule has 0 fully saturated rings. The normalized spacial score (nSPS) is 10.7. The van der Waals surface area contributed by atoms with Gasteiger partial charge in [0.15, 0.2) is 5.82 Å². The maximum atomic E-state index is 12.0. The van der Waals surface area contributed by atoms with Crippen LogP contribution in [0.3, 0.4) is 0 Å². The number of rotatable bonds is 2. The number of halogens is 2. The Morgan fingerprint density at radius 1 is 1.05 bits per heavy atom. The first-order valence-corrected chi connectivity index (χ1v) is 6.61. The molecule has 1 N–H and O–H groups in total. The van der Waals surface area contributed by atoms with Crippen molar-refractivity contribution in [2.45, 2.75) is 0 Å². The Hall–Kier alpha value is -2.04. The van der Waals surface area contributed by atoms with Gasteiger partial charge in [-0.05, 0) is 18.2 Å². The molecular weight excluding hydrogens is 297 g/mol. The zero-order valence-electron chi connectivity index (χ0n) is 10.2. The van der Waals surface area contributed by atoms with Crippen molar-refractivity contribution in [3.63, 3.8) is 0 Å². The van der Waals surface area contributed by atoms with Crippen molar-refractivity contribution in [3.05, 3.63) is 69.1 Å². The molecule has 100 valence electrons. The van der Waals surface area contributed by atoms with E-state index >= 15 is 0 Å². The summed E-state index contributed by atoms with van der Waals surface area (Å²) in [5.41, 5.74) is 0.900. The highest BCUT2D eigenvalue weighted by Gasteiger charge is 2.11. The van der Waals surface area contributed by atoms with Crippen molar-refractivity contribution in [1.29, 1.82) is 0 Å². The molecule has 0 saturated heterocycles. The summed E-state index contributed by atoms with van der Waals surface area (Å²) in [4.78, 5) is 14.7. The second-order valence-corrected chi connectivity index (χ2v) is 5.00. The molecule has 6 heteroatoms. The highest BCUT2D eigenvalue weighted by atomic mass is 35.5.